The van der Waals surface area contributed by atoms with Gasteiger partial charge in [0.1, 0.15) is 0 Å². The molecule has 0 saturated heterocycles. The first-order valence-electron chi connectivity index (χ1n) is 8.45. The predicted molar refractivity (Wildman–Crippen MR) is 98.3 cm³/mol. The zero-order valence-corrected chi connectivity index (χ0v) is 14.8. The Morgan fingerprint density at radius 2 is 1.46 bits per heavy atom. The molecule has 24 heavy (non-hydrogen) atoms. The Hall–Kier alpha value is -2.13. The van der Waals surface area contributed by atoms with E-state index in [0.29, 0.717) is 12.5 Å². The number of hydrogen-bond donors (Lipinski definition) is 1. The molecule has 0 unspecified atom stereocenters. The van der Waals surface area contributed by atoms with E-state index in [1.54, 1.807) is 0 Å². The molecule has 2 rings (SSSR count). The highest BCUT2D eigenvalue weighted by Gasteiger charge is 2.36. The van der Waals surface area contributed by atoms with Crippen LogP contribution >= 0.6 is 0 Å². The molecular weight excluding hydrogens is 298 g/mol. The summed E-state index contributed by atoms with van der Waals surface area (Å²) >= 11 is 0. The van der Waals surface area contributed by atoms with Crippen LogP contribution in [0.1, 0.15) is 37.3 Å². The van der Waals surface area contributed by atoms with Crippen LogP contribution in [0.5, 0.6) is 0 Å². The van der Waals surface area contributed by atoms with Crippen LogP contribution in [0.25, 0.3) is 0 Å². The van der Waals surface area contributed by atoms with Gasteiger partial charge in [0, 0.05) is 17.9 Å². The zero-order valence-electron chi connectivity index (χ0n) is 14.8. The molecule has 1 N–H and O–H groups in total. The van der Waals surface area contributed by atoms with E-state index in [1.807, 2.05) is 36.4 Å². The molecule has 0 saturated carbocycles. The molecule has 0 spiro atoms. The van der Waals surface area contributed by atoms with E-state index in [-0.39, 0.29) is 11.8 Å². The number of carboxylic acids is 1. The second-order valence-corrected chi connectivity index (χ2v) is 6.72. The first kappa shape index (κ1) is 18.2. The van der Waals surface area contributed by atoms with Crippen molar-refractivity contribution in [1.82, 2.24) is 4.90 Å². The van der Waals surface area contributed by atoms with Crippen molar-refractivity contribution in [3.05, 3.63) is 71.8 Å². The van der Waals surface area contributed by atoms with Crippen molar-refractivity contribution in [3.8, 4) is 0 Å². The van der Waals surface area contributed by atoms with Gasteiger partial charge in [-0.15, -0.1) is 0 Å². The number of nitrogens with zero attached hydrogens (tertiary/aromatic N) is 1. The Balaban J connectivity index is 2.56. The van der Waals surface area contributed by atoms with Crippen molar-refractivity contribution >= 4 is 5.97 Å². The van der Waals surface area contributed by atoms with Crippen molar-refractivity contribution in [3.63, 3.8) is 0 Å². The first-order valence-corrected chi connectivity index (χ1v) is 8.45. The molecule has 2 aromatic carbocycles. The Labute approximate surface area is 144 Å². The third kappa shape index (κ3) is 4.24. The summed E-state index contributed by atoms with van der Waals surface area (Å²) in [6, 6.07) is 21.0. The minimum atomic E-state index is -0.747. The van der Waals surface area contributed by atoms with Crippen LogP contribution in [0, 0.1) is 0 Å². The highest BCUT2D eigenvalue weighted by Crippen LogP contribution is 2.41. The number of benzene rings is 2. The summed E-state index contributed by atoms with van der Waals surface area (Å²) in [5, 5.41) is 9.30. The minimum Gasteiger partial charge on any atom is -0.481 e. The van der Waals surface area contributed by atoms with Crippen LogP contribution in [0.2, 0.25) is 0 Å². The average molecular weight is 325 g/mol. The van der Waals surface area contributed by atoms with E-state index in [9.17, 15) is 9.90 Å². The molecule has 2 aromatic rings. The van der Waals surface area contributed by atoms with Gasteiger partial charge in [0.25, 0.3) is 0 Å². The Bertz CT molecular complexity index is 598. The quantitative estimate of drug-likeness (QED) is 0.791. The summed E-state index contributed by atoms with van der Waals surface area (Å²) in [6.45, 7) is 2.20. The third-order valence-corrected chi connectivity index (χ3v) is 4.94. The van der Waals surface area contributed by atoms with Crippen LogP contribution in [-0.4, -0.2) is 36.1 Å². The third-order valence-electron chi connectivity index (χ3n) is 4.94. The summed E-state index contributed by atoms with van der Waals surface area (Å²) in [4.78, 5) is 13.5. The van der Waals surface area contributed by atoms with Crippen molar-refractivity contribution in [2.24, 2.45) is 0 Å². The number of carboxylic acid groups (broad SMARTS) is 1. The molecule has 0 radical (unpaired) electrons. The normalized spacial score (nSPS) is 13.0. The smallest absolute Gasteiger partial charge is 0.303 e. The maximum atomic E-state index is 11.3. The second-order valence-electron chi connectivity index (χ2n) is 6.72. The average Bonchev–Trinajstić information content (AvgIpc) is 2.59. The fraction of sp³-hybridized carbons (Fsp3) is 0.381. The predicted octanol–water partition coefficient (Wildman–Crippen LogP) is 4.18. The summed E-state index contributed by atoms with van der Waals surface area (Å²) in [7, 11) is 4.14. The summed E-state index contributed by atoms with van der Waals surface area (Å²) in [5.41, 5.74) is 2.07. The van der Waals surface area contributed by atoms with Gasteiger partial charge >= 0.3 is 5.97 Å². The molecule has 0 bridgehead atoms. The van der Waals surface area contributed by atoms with Gasteiger partial charge in [-0.25, -0.2) is 0 Å². The molecule has 0 fully saturated rings. The monoisotopic (exact) mass is 325 g/mol. The Kier molecular flexibility index (Phi) is 6.16. The lowest BCUT2D eigenvalue weighted by Gasteiger charge is -2.39. The summed E-state index contributed by atoms with van der Waals surface area (Å²) in [6.07, 6.45) is 1.62. The second kappa shape index (κ2) is 8.11. The molecule has 0 heterocycles. The van der Waals surface area contributed by atoms with Crippen LogP contribution in [-0.2, 0) is 10.2 Å². The number of hydrogen-bond acceptors (Lipinski definition) is 2. The topological polar surface area (TPSA) is 40.5 Å². The van der Waals surface area contributed by atoms with Crippen molar-refractivity contribution in [1.29, 1.82) is 0 Å². The molecule has 0 aliphatic heterocycles. The summed E-state index contributed by atoms with van der Waals surface area (Å²) in [5.74, 6) is -0.747. The molecule has 3 heteroatoms. The van der Waals surface area contributed by atoms with Crippen LogP contribution in [0.4, 0.5) is 0 Å². The molecule has 0 aliphatic carbocycles. The van der Waals surface area contributed by atoms with E-state index in [1.165, 1.54) is 11.1 Å². The van der Waals surface area contributed by atoms with Gasteiger partial charge in [0.2, 0.25) is 0 Å². The highest BCUT2D eigenvalue weighted by atomic mass is 16.4. The largest absolute Gasteiger partial charge is 0.481 e. The minimum absolute atomic E-state index is 0.157. The number of carbonyl (C=O) groups is 1. The fourth-order valence-corrected chi connectivity index (χ4v) is 3.31. The lowest BCUT2D eigenvalue weighted by atomic mass is 9.67. The molecular formula is C21H27NO2. The van der Waals surface area contributed by atoms with Crippen LogP contribution in [0.15, 0.2) is 60.7 Å². The maximum absolute atomic E-state index is 11.3. The van der Waals surface area contributed by atoms with Gasteiger partial charge < -0.3 is 10.0 Å². The Morgan fingerprint density at radius 1 is 1.00 bits per heavy atom. The van der Waals surface area contributed by atoms with Crippen molar-refractivity contribution in [2.75, 3.05) is 14.1 Å². The van der Waals surface area contributed by atoms with Gasteiger partial charge in [-0.2, -0.15) is 0 Å². The van der Waals surface area contributed by atoms with E-state index in [2.05, 4.69) is 50.2 Å². The molecule has 0 aliphatic rings. The molecule has 1 atom stereocenters. The standard InChI is InChI=1S/C21H27NO2/c1-17(22(2)3)16-21(15-14-20(23)24,18-10-6-4-7-11-18)19-12-8-5-9-13-19/h4-13,17H,14-16H2,1-3H3,(H,23,24)/t17-/m0/s1. The van der Waals surface area contributed by atoms with Crippen LogP contribution < -0.4 is 0 Å². The van der Waals surface area contributed by atoms with Gasteiger partial charge in [-0.05, 0) is 45.0 Å². The van der Waals surface area contributed by atoms with Gasteiger partial charge in [-0.1, -0.05) is 60.7 Å². The van der Waals surface area contributed by atoms with E-state index in [0.717, 1.165) is 6.42 Å². The van der Waals surface area contributed by atoms with Gasteiger partial charge in [0.15, 0.2) is 0 Å². The van der Waals surface area contributed by atoms with Crippen molar-refractivity contribution in [2.45, 2.75) is 37.6 Å². The van der Waals surface area contributed by atoms with E-state index < -0.39 is 5.97 Å². The van der Waals surface area contributed by atoms with Gasteiger partial charge in [-0.3, -0.25) is 4.79 Å². The SMILES string of the molecule is C[C@@H](CC(CCC(=O)O)(c1ccccc1)c1ccccc1)N(C)C. The zero-order chi connectivity index (χ0) is 17.6. The fourth-order valence-electron chi connectivity index (χ4n) is 3.31. The molecule has 3 nitrogen and oxygen atoms in total. The van der Waals surface area contributed by atoms with Crippen molar-refractivity contribution < 1.29 is 9.90 Å². The van der Waals surface area contributed by atoms with Crippen LogP contribution in [0.3, 0.4) is 0 Å². The first-order chi connectivity index (χ1) is 11.5. The highest BCUT2D eigenvalue weighted by molar-refractivity contribution is 5.67. The Morgan fingerprint density at radius 3 is 1.83 bits per heavy atom. The lowest BCUT2D eigenvalue weighted by Crippen LogP contribution is -2.37. The lowest BCUT2D eigenvalue weighted by molar-refractivity contribution is -0.137. The molecule has 0 aromatic heterocycles. The molecule has 0 amide bonds. The van der Waals surface area contributed by atoms with Gasteiger partial charge in [0.05, 0.1) is 0 Å². The summed E-state index contributed by atoms with van der Waals surface area (Å²) < 4.78 is 0. The van der Waals surface area contributed by atoms with E-state index in [4.69, 9.17) is 0 Å². The molecule has 128 valence electrons. The number of rotatable bonds is 8. The van der Waals surface area contributed by atoms with E-state index >= 15 is 0 Å². The number of aliphatic carboxylic acids is 1. The maximum Gasteiger partial charge on any atom is 0.303 e.